The van der Waals surface area contributed by atoms with Gasteiger partial charge < -0.3 is 5.32 Å². The number of nitrogens with one attached hydrogen (secondary N) is 1. The summed E-state index contributed by atoms with van der Waals surface area (Å²) in [6, 6.07) is 7.99. The highest BCUT2D eigenvalue weighted by molar-refractivity contribution is 6.18. The van der Waals surface area contributed by atoms with Crippen LogP contribution in [0.2, 0.25) is 0 Å². The van der Waals surface area contributed by atoms with Crippen LogP contribution >= 0.6 is 11.6 Å². The number of para-hydroxylation sites is 2. The first-order valence-electron chi connectivity index (χ1n) is 7.31. The topological polar surface area (TPSA) is 37.8 Å². The van der Waals surface area contributed by atoms with Gasteiger partial charge in [-0.15, -0.1) is 11.6 Å². The van der Waals surface area contributed by atoms with E-state index in [-0.39, 0.29) is 0 Å². The van der Waals surface area contributed by atoms with Crippen molar-refractivity contribution in [2.45, 2.75) is 26.2 Å². The van der Waals surface area contributed by atoms with Gasteiger partial charge in [0, 0.05) is 12.4 Å². The molecular weight excluding hydrogens is 270 g/mol. The summed E-state index contributed by atoms with van der Waals surface area (Å²) in [5, 5.41) is 3.48. The van der Waals surface area contributed by atoms with Gasteiger partial charge in [-0.05, 0) is 43.7 Å². The number of nitrogens with zero attached hydrogens (tertiary/aromatic N) is 2. The van der Waals surface area contributed by atoms with Gasteiger partial charge in [0.2, 0.25) is 0 Å². The molecule has 2 aromatic rings. The van der Waals surface area contributed by atoms with Crippen LogP contribution in [0, 0.1) is 18.8 Å². The molecule has 1 aliphatic rings. The van der Waals surface area contributed by atoms with Crippen LogP contribution in [0.15, 0.2) is 24.3 Å². The monoisotopic (exact) mass is 289 g/mol. The molecule has 4 heteroatoms. The smallest absolute Gasteiger partial charge is 0.148 e. The molecule has 1 N–H and O–H groups in total. The average molecular weight is 290 g/mol. The van der Waals surface area contributed by atoms with Crippen LogP contribution in [0.3, 0.4) is 0 Å². The summed E-state index contributed by atoms with van der Waals surface area (Å²) in [5.41, 5.74) is 2.86. The van der Waals surface area contributed by atoms with Gasteiger partial charge in [-0.2, -0.15) is 0 Å². The molecule has 3 nitrogen and oxygen atoms in total. The SMILES string of the molecule is Cc1nc2ccccc2nc1NCC1CCCC1CCl. The maximum absolute atomic E-state index is 6.04. The highest BCUT2D eigenvalue weighted by atomic mass is 35.5. The quantitative estimate of drug-likeness (QED) is 0.864. The van der Waals surface area contributed by atoms with Crippen LogP contribution < -0.4 is 5.32 Å². The van der Waals surface area contributed by atoms with Crippen LogP contribution in [0.4, 0.5) is 5.82 Å². The number of fused-ring (bicyclic) bond motifs is 1. The minimum absolute atomic E-state index is 0.651. The zero-order valence-electron chi connectivity index (χ0n) is 11.8. The molecular formula is C16H20ClN3. The number of halogens is 1. The van der Waals surface area contributed by atoms with Gasteiger partial charge in [-0.3, -0.25) is 0 Å². The van der Waals surface area contributed by atoms with Gasteiger partial charge in [0.05, 0.1) is 16.7 Å². The van der Waals surface area contributed by atoms with Gasteiger partial charge in [0.15, 0.2) is 0 Å². The first-order chi connectivity index (χ1) is 9.78. The van der Waals surface area contributed by atoms with Crippen molar-refractivity contribution in [1.82, 2.24) is 9.97 Å². The number of hydrogen-bond donors (Lipinski definition) is 1. The fourth-order valence-corrected chi connectivity index (χ4v) is 3.48. The molecule has 0 amide bonds. The number of rotatable bonds is 4. The minimum atomic E-state index is 0.651. The molecule has 3 rings (SSSR count). The Hall–Kier alpha value is -1.35. The molecule has 1 heterocycles. The molecule has 20 heavy (non-hydrogen) atoms. The zero-order chi connectivity index (χ0) is 13.9. The molecule has 1 saturated carbocycles. The van der Waals surface area contributed by atoms with Crippen LogP contribution in [0.25, 0.3) is 11.0 Å². The van der Waals surface area contributed by atoms with Crippen molar-refractivity contribution in [2.24, 2.45) is 11.8 Å². The van der Waals surface area contributed by atoms with E-state index in [1.807, 2.05) is 31.2 Å². The Bertz CT molecular complexity index is 599. The number of aryl methyl sites for hydroxylation is 1. The first-order valence-corrected chi connectivity index (χ1v) is 7.84. The first kappa shape index (κ1) is 13.6. The van der Waals surface area contributed by atoms with Crippen LogP contribution in [0.5, 0.6) is 0 Å². The third-order valence-corrected chi connectivity index (χ3v) is 4.69. The Labute approximate surface area is 124 Å². The number of benzene rings is 1. The number of anilines is 1. The second-order valence-electron chi connectivity index (χ2n) is 5.63. The van der Waals surface area contributed by atoms with Crippen molar-refractivity contribution < 1.29 is 0 Å². The van der Waals surface area contributed by atoms with E-state index >= 15 is 0 Å². The van der Waals surface area contributed by atoms with Gasteiger partial charge in [-0.25, -0.2) is 9.97 Å². The number of alkyl halides is 1. The third kappa shape index (κ3) is 2.73. The van der Waals surface area contributed by atoms with Gasteiger partial charge >= 0.3 is 0 Å². The van der Waals surface area contributed by atoms with Crippen molar-refractivity contribution in [2.75, 3.05) is 17.7 Å². The fourth-order valence-electron chi connectivity index (χ4n) is 3.07. The predicted octanol–water partition coefficient (Wildman–Crippen LogP) is 4.01. The Morgan fingerprint density at radius 2 is 1.85 bits per heavy atom. The summed E-state index contributed by atoms with van der Waals surface area (Å²) >= 11 is 6.04. The zero-order valence-corrected chi connectivity index (χ0v) is 12.5. The maximum atomic E-state index is 6.04. The van der Waals surface area contributed by atoms with E-state index in [0.717, 1.165) is 35.0 Å². The van der Waals surface area contributed by atoms with Crippen molar-refractivity contribution in [3.63, 3.8) is 0 Å². The molecule has 1 aromatic heterocycles. The summed E-state index contributed by atoms with van der Waals surface area (Å²) in [5.74, 6) is 3.00. The molecule has 1 aromatic carbocycles. The molecule has 106 valence electrons. The van der Waals surface area contributed by atoms with Crippen LogP contribution in [-0.4, -0.2) is 22.4 Å². The summed E-state index contributed by atoms with van der Waals surface area (Å²) in [6.07, 6.45) is 3.83. The summed E-state index contributed by atoms with van der Waals surface area (Å²) in [6.45, 7) is 2.96. The minimum Gasteiger partial charge on any atom is -0.368 e. The molecule has 1 fully saturated rings. The van der Waals surface area contributed by atoms with Crippen molar-refractivity contribution in [3.8, 4) is 0 Å². The molecule has 2 unspecified atom stereocenters. The predicted molar refractivity (Wildman–Crippen MR) is 84.3 cm³/mol. The van der Waals surface area contributed by atoms with E-state index in [4.69, 9.17) is 11.6 Å². The summed E-state index contributed by atoms with van der Waals surface area (Å²) < 4.78 is 0. The van der Waals surface area contributed by atoms with Crippen LogP contribution in [-0.2, 0) is 0 Å². The van der Waals surface area contributed by atoms with Crippen molar-refractivity contribution in [1.29, 1.82) is 0 Å². The fraction of sp³-hybridized carbons (Fsp3) is 0.500. The van der Waals surface area contributed by atoms with E-state index in [0.29, 0.717) is 11.8 Å². The largest absolute Gasteiger partial charge is 0.368 e. The Balaban J connectivity index is 1.75. The molecule has 0 bridgehead atoms. The normalized spacial score (nSPS) is 22.3. The van der Waals surface area contributed by atoms with Gasteiger partial charge in [0.1, 0.15) is 5.82 Å². The van der Waals surface area contributed by atoms with Crippen molar-refractivity contribution >= 4 is 28.5 Å². The molecule has 2 atom stereocenters. The second-order valence-corrected chi connectivity index (χ2v) is 5.94. The number of aromatic nitrogens is 2. The lowest BCUT2D eigenvalue weighted by atomic mass is 9.98. The van der Waals surface area contributed by atoms with E-state index < -0.39 is 0 Å². The van der Waals surface area contributed by atoms with E-state index in [1.54, 1.807) is 0 Å². The second kappa shape index (κ2) is 5.96. The molecule has 0 spiro atoms. The van der Waals surface area contributed by atoms with Crippen molar-refractivity contribution in [3.05, 3.63) is 30.0 Å². The van der Waals surface area contributed by atoms with Gasteiger partial charge in [-0.1, -0.05) is 18.6 Å². The Morgan fingerprint density at radius 1 is 1.15 bits per heavy atom. The standard InChI is InChI=1S/C16H20ClN3/c1-11-16(18-10-13-6-4-5-12(13)9-17)20-15-8-3-2-7-14(15)19-11/h2-3,7-8,12-13H,4-6,9-10H2,1H3,(H,18,20). The highest BCUT2D eigenvalue weighted by Gasteiger charge is 2.26. The maximum Gasteiger partial charge on any atom is 0.148 e. The summed E-state index contributed by atoms with van der Waals surface area (Å²) in [4.78, 5) is 9.29. The molecule has 0 radical (unpaired) electrons. The third-order valence-electron chi connectivity index (χ3n) is 4.29. The summed E-state index contributed by atoms with van der Waals surface area (Å²) in [7, 11) is 0. The van der Waals surface area contributed by atoms with Crippen LogP contribution in [0.1, 0.15) is 25.0 Å². The lowest BCUT2D eigenvalue weighted by molar-refractivity contribution is 0.444. The Kier molecular flexibility index (Phi) is 4.06. The van der Waals surface area contributed by atoms with E-state index in [9.17, 15) is 0 Å². The lowest BCUT2D eigenvalue weighted by Gasteiger charge is -2.18. The molecule has 0 aliphatic heterocycles. The van der Waals surface area contributed by atoms with E-state index in [1.165, 1.54) is 19.3 Å². The number of hydrogen-bond acceptors (Lipinski definition) is 3. The Morgan fingerprint density at radius 3 is 2.60 bits per heavy atom. The molecule has 0 saturated heterocycles. The highest BCUT2D eigenvalue weighted by Crippen LogP contribution is 2.32. The average Bonchev–Trinajstić information content (AvgIpc) is 2.92. The lowest BCUT2D eigenvalue weighted by Crippen LogP contribution is -2.20. The van der Waals surface area contributed by atoms with Gasteiger partial charge in [0.25, 0.3) is 0 Å². The molecule has 1 aliphatic carbocycles. The van der Waals surface area contributed by atoms with E-state index in [2.05, 4.69) is 15.3 Å².